The van der Waals surface area contributed by atoms with E-state index in [1.807, 2.05) is 6.07 Å². The second kappa shape index (κ2) is 6.60. The molecule has 1 aromatic carbocycles. The van der Waals surface area contributed by atoms with Crippen molar-refractivity contribution in [3.63, 3.8) is 0 Å². The Hall–Kier alpha value is -2.37. The zero-order valence-electron chi connectivity index (χ0n) is 12.7. The molecule has 1 aromatic rings. The average Bonchev–Trinajstić information content (AvgIpc) is 2.48. The van der Waals surface area contributed by atoms with Crippen molar-refractivity contribution < 1.29 is 19.5 Å². The van der Waals surface area contributed by atoms with E-state index in [-0.39, 0.29) is 24.3 Å². The Morgan fingerprint density at radius 3 is 2.27 bits per heavy atom. The Labute approximate surface area is 129 Å². The van der Waals surface area contributed by atoms with Crippen LogP contribution in [0.1, 0.15) is 30.6 Å². The largest absolute Gasteiger partial charge is 0.481 e. The number of benzene rings is 1. The fraction of sp³-hybridized carbons (Fsp3) is 0.438. The minimum atomic E-state index is -0.975. The van der Waals surface area contributed by atoms with Crippen LogP contribution in [0.25, 0.3) is 0 Å². The number of rotatable bonds is 3. The minimum absolute atomic E-state index is 0.133. The van der Waals surface area contributed by atoms with Crippen LogP contribution in [0.15, 0.2) is 30.3 Å². The zero-order chi connectivity index (χ0) is 16.3. The third-order valence-electron chi connectivity index (χ3n) is 4.10. The summed E-state index contributed by atoms with van der Waals surface area (Å²) < 4.78 is 0. The molecule has 1 aliphatic heterocycles. The van der Waals surface area contributed by atoms with Crippen LogP contribution in [0.3, 0.4) is 0 Å². The number of hydrogen-bond donors (Lipinski definition) is 1. The summed E-state index contributed by atoms with van der Waals surface area (Å²) in [4.78, 5) is 38.6. The molecule has 0 aliphatic carbocycles. The Balaban J connectivity index is 2.23. The van der Waals surface area contributed by atoms with E-state index in [0.717, 1.165) is 0 Å². The molecule has 2 amide bonds. The van der Waals surface area contributed by atoms with Gasteiger partial charge in [-0.1, -0.05) is 18.2 Å². The smallest absolute Gasteiger partial charge is 0.305 e. The summed E-state index contributed by atoms with van der Waals surface area (Å²) in [7, 11) is 0. The summed E-state index contributed by atoms with van der Waals surface area (Å²) in [6, 6.07) is 8.03. The predicted molar refractivity (Wildman–Crippen MR) is 80.4 cm³/mol. The number of carbonyl (C=O) groups is 3. The molecule has 1 saturated heterocycles. The van der Waals surface area contributed by atoms with Gasteiger partial charge < -0.3 is 14.9 Å². The highest BCUT2D eigenvalue weighted by Crippen LogP contribution is 2.22. The van der Waals surface area contributed by atoms with Crippen molar-refractivity contribution in [1.29, 1.82) is 0 Å². The molecule has 118 valence electrons. The molecule has 2 atom stereocenters. The molecule has 1 N–H and O–H groups in total. The van der Waals surface area contributed by atoms with Crippen LogP contribution in [0, 0.1) is 0 Å². The van der Waals surface area contributed by atoms with Gasteiger partial charge in [0.1, 0.15) is 0 Å². The van der Waals surface area contributed by atoms with Crippen LogP contribution in [-0.4, -0.2) is 57.9 Å². The highest BCUT2D eigenvalue weighted by Gasteiger charge is 2.38. The van der Waals surface area contributed by atoms with Gasteiger partial charge in [0.05, 0.1) is 18.5 Å². The number of hydrogen-bond acceptors (Lipinski definition) is 3. The van der Waals surface area contributed by atoms with E-state index < -0.39 is 12.0 Å². The molecule has 1 heterocycles. The fourth-order valence-electron chi connectivity index (χ4n) is 2.94. The molecular formula is C16H20N2O4. The molecule has 1 fully saturated rings. The van der Waals surface area contributed by atoms with Gasteiger partial charge in [0.15, 0.2) is 0 Å². The first-order valence-corrected chi connectivity index (χ1v) is 7.27. The molecule has 0 spiro atoms. The third-order valence-corrected chi connectivity index (χ3v) is 4.10. The van der Waals surface area contributed by atoms with Crippen molar-refractivity contribution in [3.8, 4) is 0 Å². The summed E-state index contributed by atoms with van der Waals surface area (Å²) in [5.74, 6) is -1.27. The molecule has 0 bridgehead atoms. The summed E-state index contributed by atoms with van der Waals surface area (Å²) >= 11 is 0. The lowest BCUT2D eigenvalue weighted by molar-refractivity contribution is -0.143. The second-order valence-electron chi connectivity index (χ2n) is 5.48. The molecule has 6 nitrogen and oxygen atoms in total. The van der Waals surface area contributed by atoms with Gasteiger partial charge in [0, 0.05) is 25.6 Å². The Morgan fingerprint density at radius 1 is 1.14 bits per heavy atom. The Morgan fingerprint density at radius 2 is 1.73 bits per heavy atom. The quantitative estimate of drug-likeness (QED) is 0.911. The van der Waals surface area contributed by atoms with E-state index in [4.69, 9.17) is 5.11 Å². The molecule has 2 rings (SSSR count). The lowest BCUT2D eigenvalue weighted by Crippen LogP contribution is -2.61. The van der Waals surface area contributed by atoms with Gasteiger partial charge in [-0.05, 0) is 19.1 Å². The predicted octanol–water partition coefficient (Wildman–Crippen LogP) is 1.22. The number of carboxylic acid groups (broad SMARTS) is 1. The zero-order valence-corrected chi connectivity index (χ0v) is 12.7. The number of carbonyl (C=O) groups excluding carboxylic acids is 2. The van der Waals surface area contributed by atoms with Crippen molar-refractivity contribution >= 4 is 17.8 Å². The van der Waals surface area contributed by atoms with Gasteiger partial charge in [-0.25, -0.2) is 0 Å². The molecule has 0 radical (unpaired) electrons. The maximum Gasteiger partial charge on any atom is 0.305 e. The van der Waals surface area contributed by atoms with E-state index in [1.165, 1.54) is 6.92 Å². The first-order valence-electron chi connectivity index (χ1n) is 7.27. The summed E-state index contributed by atoms with van der Waals surface area (Å²) in [6.07, 6.45) is -0.167. The van der Waals surface area contributed by atoms with Crippen LogP contribution < -0.4 is 0 Å². The standard InChI is InChI=1S/C16H20N2O4/c1-11-14(10-15(20)21)18(12(2)19)9-8-17(11)16(22)13-6-4-3-5-7-13/h3-7,11,14H,8-10H2,1-2H3,(H,20,21)/t11-,14-/m0/s1. The van der Waals surface area contributed by atoms with E-state index in [1.54, 1.807) is 41.0 Å². The van der Waals surface area contributed by atoms with Crippen molar-refractivity contribution in [2.24, 2.45) is 0 Å². The van der Waals surface area contributed by atoms with E-state index in [0.29, 0.717) is 18.7 Å². The van der Waals surface area contributed by atoms with E-state index in [9.17, 15) is 14.4 Å². The first kappa shape index (κ1) is 16.0. The van der Waals surface area contributed by atoms with Gasteiger partial charge in [-0.2, -0.15) is 0 Å². The molecule has 22 heavy (non-hydrogen) atoms. The highest BCUT2D eigenvalue weighted by atomic mass is 16.4. The normalized spacial score (nSPS) is 21.5. The number of nitrogens with zero attached hydrogens (tertiary/aromatic N) is 2. The lowest BCUT2D eigenvalue weighted by atomic mass is 9.98. The van der Waals surface area contributed by atoms with Crippen molar-refractivity contribution in [3.05, 3.63) is 35.9 Å². The third kappa shape index (κ3) is 3.27. The van der Waals surface area contributed by atoms with Crippen LogP contribution in [0.2, 0.25) is 0 Å². The first-order chi connectivity index (χ1) is 10.4. The number of carboxylic acids is 1. The van der Waals surface area contributed by atoms with Gasteiger partial charge in [-0.3, -0.25) is 14.4 Å². The lowest BCUT2D eigenvalue weighted by Gasteiger charge is -2.45. The topological polar surface area (TPSA) is 77.9 Å². The number of amides is 2. The number of piperazine rings is 1. The average molecular weight is 304 g/mol. The highest BCUT2D eigenvalue weighted by molar-refractivity contribution is 5.94. The molecule has 0 unspecified atom stereocenters. The summed E-state index contributed by atoms with van der Waals surface area (Å²) in [6.45, 7) is 3.99. The van der Waals surface area contributed by atoms with Crippen molar-refractivity contribution in [1.82, 2.24) is 9.80 Å². The van der Waals surface area contributed by atoms with Crippen molar-refractivity contribution in [2.75, 3.05) is 13.1 Å². The number of aliphatic carboxylic acids is 1. The molecule has 6 heteroatoms. The van der Waals surface area contributed by atoms with Crippen LogP contribution in [0.4, 0.5) is 0 Å². The summed E-state index contributed by atoms with van der Waals surface area (Å²) in [5.41, 5.74) is 0.569. The van der Waals surface area contributed by atoms with Gasteiger partial charge >= 0.3 is 5.97 Å². The molecule has 0 saturated carbocycles. The van der Waals surface area contributed by atoms with Gasteiger partial charge in [0.2, 0.25) is 5.91 Å². The summed E-state index contributed by atoms with van der Waals surface area (Å²) in [5, 5.41) is 9.08. The van der Waals surface area contributed by atoms with Gasteiger partial charge in [-0.15, -0.1) is 0 Å². The van der Waals surface area contributed by atoms with Gasteiger partial charge in [0.25, 0.3) is 5.91 Å². The Kier molecular flexibility index (Phi) is 4.80. The molecular weight excluding hydrogens is 284 g/mol. The maximum absolute atomic E-state index is 12.6. The monoisotopic (exact) mass is 304 g/mol. The second-order valence-corrected chi connectivity index (χ2v) is 5.48. The van der Waals surface area contributed by atoms with Crippen LogP contribution >= 0.6 is 0 Å². The molecule has 0 aromatic heterocycles. The van der Waals surface area contributed by atoms with E-state index >= 15 is 0 Å². The van der Waals surface area contributed by atoms with Crippen LogP contribution in [0.5, 0.6) is 0 Å². The van der Waals surface area contributed by atoms with E-state index in [2.05, 4.69) is 0 Å². The fourth-order valence-corrected chi connectivity index (χ4v) is 2.94. The maximum atomic E-state index is 12.6. The minimum Gasteiger partial charge on any atom is -0.481 e. The molecule has 1 aliphatic rings. The van der Waals surface area contributed by atoms with Crippen molar-refractivity contribution in [2.45, 2.75) is 32.4 Å². The van der Waals surface area contributed by atoms with Crippen LogP contribution in [-0.2, 0) is 9.59 Å². The SMILES string of the molecule is CC(=O)N1CCN(C(=O)c2ccccc2)[C@@H](C)[C@@H]1CC(=O)O. The Bertz CT molecular complexity index is 573.